The summed E-state index contributed by atoms with van der Waals surface area (Å²) in [6.07, 6.45) is 4.66. The summed E-state index contributed by atoms with van der Waals surface area (Å²) in [4.78, 5) is 23.1. The monoisotopic (exact) mass is 435 g/mol. The van der Waals surface area contributed by atoms with Crippen LogP contribution in [0, 0.1) is 11.7 Å². The maximum Gasteiger partial charge on any atom is 0.227 e. The van der Waals surface area contributed by atoms with Gasteiger partial charge in [-0.2, -0.15) is 15.1 Å². The zero-order valence-corrected chi connectivity index (χ0v) is 17.2. The number of aromatic nitrogens is 4. The van der Waals surface area contributed by atoms with Gasteiger partial charge in [-0.3, -0.25) is 4.79 Å². The molecule has 0 radical (unpaired) electrons. The zero-order valence-electron chi connectivity index (χ0n) is 17.2. The number of anilines is 2. The molecule has 4 aromatic rings. The molecule has 0 bridgehead atoms. The Hall–Kier alpha value is -3.95. The second-order valence-corrected chi connectivity index (χ2v) is 7.74. The normalized spacial score (nSPS) is 14.7. The molecule has 10 heteroatoms. The number of nitrogens with two attached hydrogens (primary N) is 1. The largest absolute Gasteiger partial charge is 0.467 e. The third-order valence-corrected chi connectivity index (χ3v) is 5.68. The average molecular weight is 435 g/mol. The van der Waals surface area contributed by atoms with E-state index in [1.807, 2.05) is 12.1 Å². The third-order valence-electron chi connectivity index (χ3n) is 5.68. The average Bonchev–Trinajstić information content (AvgIpc) is 3.48. The number of nitrogens with one attached hydrogen (secondary N) is 1. The van der Waals surface area contributed by atoms with E-state index in [-0.39, 0.29) is 17.6 Å². The van der Waals surface area contributed by atoms with Crippen molar-refractivity contribution < 1.29 is 13.6 Å². The molecule has 0 atom stereocenters. The van der Waals surface area contributed by atoms with E-state index in [1.54, 1.807) is 29.3 Å². The second kappa shape index (κ2) is 8.29. The smallest absolute Gasteiger partial charge is 0.227 e. The molecule has 4 heterocycles. The summed E-state index contributed by atoms with van der Waals surface area (Å²) < 4.78 is 20.5. The van der Waals surface area contributed by atoms with E-state index < -0.39 is 0 Å². The van der Waals surface area contributed by atoms with Gasteiger partial charge in [0.15, 0.2) is 5.65 Å². The quantitative estimate of drug-likeness (QED) is 0.478. The lowest BCUT2D eigenvalue weighted by Gasteiger charge is -2.31. The van der Waals surface area contributed by atoms with Gasteiger partial charge in [0, 0.05) is 19.0 Å². The lowest BCUT2D eigenvalue weighted by atomic mass is 9.96. The van der Waals surface area contributed by atoms with Crippen LogP contribution in [-0.2, 0) is 11.3 Å². The molecule has 0 aliphatic carbocycles. The predicted molar refractivity (Wildman–Crippen MR) is 117 cm³/mol. The van der Waals surface area contributed by atoms with Crippen molar-refractivity contribution in [3.05, 3.63) is 60.4 Å². The van der Waals surface area contributed by atoms with Crippen LogP contribution in [0.1, 0.15) is 18.6 Å². The van der Waals surface area contributed by atoms with Crippen molar-refractivity contribution in [1.29, 1.82) is 0 Å². The third kappa shape index (κ3) is 3.86. The molecule has 164 valence electrons. The fourth-order valence-electron chi connectivity index (χ4n) is 3.94. The van der Waals surface area contributed by atoms with Crippen molar-refractivity contribution in [2.24, 2.45) is 11.7 Å². The number of primary amides is 1. The Balaban J connectivity index is 1.53. The minimum Gasteiger partial charge on any atom is -0.467 e. The number of halogens is 1. The van der Waals surface area contributed by atoms with Crippen LogP contribution in [0.2, 0.25) is 0 Å². The van der Waals surface area contributed by atoms with Gasteiger partial charge in [-0.25, -0.2) is 9.07 Å². The first-order valence-corrected chi connectivity index (χ1v) is 10.4. The molecule has 9 nitrogen and oxygen atoms in total. The number of nitrogens with zero attached hydrogens (tertiary/aromatic N) is 5. The molecule has 32 heavy (non-hydrogen) atoms. The molecule has 0 saturated carbocycles. The Labute approximate surface area is 183 Å². The van der Waals surface area contributed by atoms with Gasteiger partial charge in [0.05, 0.1) is 30.1 Å². The van der Waals surface area contributed by atoms with Gasteiger partial charge in [-0.15, -0.1) is 0 Å². The highest BCUT2D eigenvalue weighted by molar-refractivity contribution is 5.89. The minimum absolute atomic E-state index is 0.123. The van der Waals surface area contributed by atoms with Crippen molar-refractivity contribution in [2.45, 2.75) is 19.4 Å². The molecule has 5 rings (SSSR count). The van der Waals surface area contributed by atoms with Crippen LogP contribution in [0.4, 0.5) is 16.2 Å². The molecule has 0 unspecified atom stereocenters. The van der Waals surface area contributed by atoms with Crippen molar-refractivity contribution in [3.8, 4) is 5.69 Å². The maximum absolute atomic E-state index is 13.4. The van der Waals surface area contributed by atoms with Crippen LogP contribution in [0.25, 0.3) is 16.7 Å². The Morgan fingerprint density at radius 1 is 1.19 bits per heavy atom. The van der Waals surface area contributed by atoms with E-state index in [0.717, 1.165) is 17.0 Å². The number of fused-ring (bicyclic) bond motifs is 1. The van der Waals surface area contributed by atoms with Crippen LogP contribution in [0.5, 0.6) is 0 Å². The number of carbonyl (C=O) groups excluding carboxylic acids is 1. The molecule has 1 fully saturated rings. The van der Waals surface area contributed by atoms with Gasteiger partial charge < -0.3 is 20.4 Å². The number of hydrogen-bond acceptors (Lipinski definition) is 7. The number of furan rings is 1. The number of hydrogen-bond donors (Lipinski definition) is 2. The van der Waals surface area contributed by atoms with E-state index in [9.17, 15) is 9.18 Å². The number of benzene rings is 1. The van der Waals surface area contributed by atoms with E-state index in [1.165, 1.54) is 12.1 Å². The van der Waals surface area contributed by atoms with Crippen LogP contribution in [0.3, 0.4) is 0 Å². The fraction of sp³-hybridized carbons (Fsp3) is 0.273. The molecule has 1 saturated heterocycles. The van der Waals surface area contributed by atoms with Gasteiger partial charge in [-0.1, -0.05) is 0 Å². The van der Waals surface area contributed by atoms with Crippen molar-refractivity contribution >= 4 is 28.7 Å². The number of rotatable bonds is 6. The molecule has 3 N–H and O–H groups in total. The van der Waals surface area contributed by atoms with Crippen LogP contribution < -0.4 is 16.0 Å². The predicted octanol–water partition coefficient (Wildman–Crippen LogP) is 2.86. The number of amides is 1. The van der Waals surface area contributed by atoms with E-state index in [0.29, 0.717) is 49.8 Å². The topological polar surface area (TPSA) is 115 Å². The Bertz CT molecular complexity index is 1230. The first kappa shape index (κ1) is 20.0. The standard InChI is InChI=1S/C22H22FN7O2/c23-15-3-5-16(6-4-15)30-21-18(13-26-30)20(29-9-7-14(8-10-29)19(24)31)27-22(28-21)25-12-17-2-1-11-32-17/h1-6,11,13-14H,7-10,12H2,(H2,24,31)(H,25,27,28). The lowest BCUT2D eigenvalue weighted by Crippen LogP contribution is -2.39. The summed E-state index contributed by atoms with van der Waals surface area (Å²) in [5.41, 5.74) is 6.78. The van der Waals surface area contributed by atoms with E-state index >= 15 is 0 Å². The Morgan fingerprint density at radius 2 is 1.97 bits per heavy atom. The molecule has 1 aliphatic rings. The van der Waals surface area contributed by atoms with Crippen molar-refractivity contribution in [2.75, 3.05) is 23.3 Å². The number of carbonyl (C=O) groups is 1. The highest BCUT2D eigenvalue weighted by atomic mass is 19.1. The molecular weight excluding hydrogens is 413 g/mol. The minimum atomic E-state index is -0.321. The highest BCUT2D eigenvalue weighted by Gasteiger charge is 2.26. The van der Waals surface area contributed by atoms with Gasteiger partial charge in [0.2, 0.25) is 11.9 Å². The first-order chi connectivity index (χ1) is 15.6. The van der Waals surface area contributed by atoms with Crippen molar-refractivity contribution in [3.63, 3.8) is 0 Å². The van der Waals surface area contributed by atoms with Crippen LogP contribution >= 0.6 is 0 Å². The van der Waals surface area contributed by atoms with E-state index in [4.69, 9.17) is 15.1 Å². The SMILES string of the molecule is NC(=O)C1CCN(c2nc(NCc3ccco3)nc3c2cnn3-c2ccc(F)cc2)CC1. The molecule has 1 aliphatic heterocycles. The molecular formula is C22H22FN7O2. The molecule has 1 amide bonds. The van der Waals surface area contributed by atoms with Crippen LogP contribution in [-0.4, -0.2) is 38.7 Å². The highest BCUT2D eigenvalue weighted by Crippen LogP contribution is 2.30. The Morgan fingerprint density at radius 3 is 2.66 bits per heavy atom. The zero-order chi connectivity index (χ0) is 22.1. The summed E-state index contributed by atoms with van der Waals surface area (Å²) in [6, 6.07) is 9.75. The van der Waals surface area contributed by atoms with Gasteiger partial charge in [0.25, 0.3) is 0 Å². The molecule has 1 aromatic carbocycles. The van der Waals surface area contributed by atoms with Crippen LogP contribution in [0.15, 0.2) is 53.3 Å². The van der Waals surface area contributed by atoms with E-state index in [2.05, 4.69) is 20.3 Å². The number of piperidine rings is 1. The summed E-state index contributed by atoms with van der Waals surface area (Å²) in [5.74, 6) is 1.20. The second-order valence-electron chi connectivity index (χ2n) is 7.74. The fourth-order valence-corrected chi connectivity index (χ4v) is 3.94. The maximum atomic E-state index is 13.4. The summed E-state index contributed by atoms with van der Waals surface area (Å²) in [7, 11) is 0. The molecule has 3 aromatic heterocycles. The lowest BCUT2D eigenvalue weighted by molar-refractivity contribution is -0.122. The summed E-state index contributed by atoms with van der Waals surface area (Å²) in [6.45, 7) is 1.73. The van der Waals surface area contributed by atoms with Crippen molar-refractivity contribution in [1.82, 2.24) is 19.7 Å². The Kier molecular flexibility index (Phi) is 5.18. The summed E-state index contributed by atoms with van der Waals surface area (Å²) in [5, 5.41) is 8.47. The molecule has 0 spiro atoms. The van der Waals surface area contributed by atoms with Gasteiger partial charge >= 0.3 is 0 Å². The summed E-state index contributed by atoms with van der Waals surface area (Å²) >= 11 is 0. The van der Waals surface area contributed by atoms with Gasteiger partial charge in [0.1, 0.15) is 17.4 Å². The van der Waals surface area contributed by atoms with Gasteiger partial charge in [-0.05, 0) is 49.2 Å². The first-order valence-electron chi connectivity index (χ1n) is 10.4.